The molecular weight excluding hydrogens is 581 g/mol. The minimum atomic E-state index is -0.591. The first kappa shape index (κ1) is 30.3. The molecule has 1 aliphatic carbocycles. The Labute approximate surface area is 259 Å². The van der Waals surface area contributed by atoms with Crippen molar-refractivity contribution in [2.24, 2.45) is 11.1 Å². The molecule has 2 aromatic carbocycles. The number of allylic oxidation sites excluding steroid dienone is 3. The number of ketones is 1. The van der Waals surface area contributed by atoms with Crippen molar-refractivity contribution in [1.29, 1.82) is 5.26 Å². The average Bonchev–Trinajstić information content (AvgIpc) is 3.42. The molecule has 222 valence electrons. The fourth-order valence-electron chi connectivity index (χ4n) is 5.48. The van der Waals surface area contributed by atoms with E-state index < -0.39 is 5.92 Å². The van der Waals surface area contributed by atoms with Gasteiger partial charge in [0.25, 0.3) is 0 Å². The van der Waals surface area contributed by atoms with Gasteiger partial charge in [0.1, 0.15) is 11.6 Å². The first-order chi connectivity index (χ1) is 20.5. The molecule has 0 spiro atoms. The number of thioether (sulfide) groups is 1. The summed E-state index contributed by atoms with van der Waals surface area (Å²) >= 11 is 2.54. The predicted molar refractivity (Wildman–Crippen MR) is 170 cm³/mol. The molecule has 2 aliphatic rings. The van der Waals surface area contributed by atoms with Crippen molar-refractivity contribution in [3.8, 4) is 11.8 Å². The number of hydrogen-bond donors (Lipinski definition) is 2. The van der Waals surface area contributed by atoms with Crippen LogP contribution in [0.15, 0.2) is 69.5 Å². The fourth-order valence-corrected chi connectivity index (χ4v) is 7.16. The molecule has 11 heteroatoms. The highest BCUT2D eigenvalue weighted by molar-refractivity contribution is 8.01. The molecule has 2 heterocycles. The first-order valence-corrected chi connectivity index (χ1v) is 15.8. The number of aromatic nitrogens is 2. The zero-order valence-corrected chi connectivity index (χ0v) is 26.5. The molecule has 5 rings (SSSR count). The van der Waals surface area contributed by atoms with Crippen LogP contribution >= 0.6 is 23.1 Å². The van der Waals surface area contributed by atoms with Crippen molar-refractivity contribution >= 4 is 45.6 Å². The summed E-state index contributed by atoms with van der Waals surface area (Å²) in [5.74, 6) is 0.327. The highest BCUT2D eigenvalue weighted by atomic mass is 32.2. The highest BCUT2D eigenvalue weighted by Crippen LogP contribution is 2.50. The summed E-state index contributed by atoms with van der Waals surface area (Å²) in [6.07, 6.45) is 0.931. The number of aryl methyl sites for hydroxylation is 2. The third-order valence-corrected chi connectivity index (χ3v) is 9.65. The Balaban J connectivity index is 1.44. The molecule has 43 heavy (non-hydrogen) atoms. The predicted octanol–water partition coefficient (Wildman–Crippen LogP) is 6.23. The number of amides is 1. The zero-order valence-electron chi connectivity index (χ0n) is 24.9. The van der Waals surface area contributed by atoms with Gasteiger partial charge < -0.3 is 15.8 Å². The van der Waals surface area contributed by atoms with Gasteiger partial charge >= 0.3 is 0 Å². The smallest absolute Gasteiger partial charge is 0.234 e. The Morgan fingerprint density at radius 2 is 1.93 bits per heavy atom. The van der Waals surface area contributed by atoms with Crippen LogP contribution in [0.4, 0.5) is 10.8 Å². The van der Waals surface area contributed by atoms with Crippen molar-refractivity contribution in [3.63, 3.8) is 0 Å². The number of rotatable bonds is 8. The monoisotopic (exact) mass is 614 g/mol. The number of nitriles is 1. The second-order valence-corrected chi connectivity index (χ2v) is 13.6. The van der Waals surface area contributed by atoms with Crippen molar-refractivity contribution in [2.75, 3.05) is 22.6 Å². The molecule has 0 bridgehead atoms. The van der Waals surface area contributed by atoms with Crippen LogP contribution < -0.4 is 20.7 Å². The number of nitrogens with zero attached hydrogens (tertiary/aromatic N) is 4. The summed E-state index contributed by atoms with van der Waals surface area (Å²) in [6.45, 7) is 10.6. The average molecular weight is 615 g/mol. The van der Waals surface area contributed by atoms with E-state index in [2.05, 4.69) is 21.6 Å². The molecule has 0 radical (unpaired) electrons. The Morgan fingerprint density at radius 1 is 1.19 bits per heavy atom. The van der Waals surface area contributed by atoms with E-state index in [0.717, 1.165) is 28.1 Å². The maximum absolute atomic E-state index is 13.8. The maximum atomic E-state index is 13.8. The summed E-state index contributed by atoms with van der Waals surface area (Å²) in [4.78, 5) is 28.1. The Bertz CT molecular complexity index is 1680. The van der Waals surface area contributed by atoms with Crippen LogP contribution in [0.3, 0.4) is 0 Å². The summed E-state index contributed by atoms with van der Waals surface area (Å²) < 4.78 is 6.18. The highest BCUT2D eigenvalue weighted by Gasteiger charge is 2.45. The van der Waals surface area contributed by atoms with Crippen LogP contribution in [0.1, 0.15) is 56.2 Å². The molecule has 9 nitrogen and oxygen atoms in total. The number of carbonyl (C=O) groups is 2. The van der Waals surface area contributed by atoms with E-state index >= 15 is 0 Å². The minimum absolute atomic E-state index is 0.0162. The normalized spacial score (nSPS) is 17.9. The Kier molecular flexibility index (Phi) is 8.62. The molecule has 1 aromatic heterocycles. The van der Waals surface area contributed by atoms with Gasteiger partial charge in [0.15, 0.2) is 10.1 Å². The number of benzene rings is 2. The van der Waals surface area contributed by atoms with Crippen LogP contribution in [-0.2, 0) is 9.59 Å². The van der Waals surface area contributed by atoms with E-state index in [4.69, 9.17) is 10.5 Å². The van der Waals surface area contributed by atoms with Crippen LogP contribution in [0.5, 0.6) is 5.75 Å². The number of anilines is 2. The molecule has 1 aliphatic heterocycles. The van der Waals surface area contributed by atoms with Gasteiger partial charge in [-0.15, -0.1) is 10.2 Å². The summed E-state index contributed by atoms with van der Waals surface area (Å²) in [7, 11) is 0. The van der Waals surface area contributed by atoms with Gasteiger partial charge in [-0.05, 0) is 73.6 Å². The van der Waals surface area contributed by atoms with Crippen molar-refractivity contribution < 1.29 is 14.3 Å². The number of nitrogens with one attached hydrogen (secondary N) is 1. The fraction of sp³-hybridized carbons (Fsp3) is 0.344. The van der Waals surface area contributed by atoms with E-state index in [9.17, 15) is 14.9 Å². The number of carbonyl (C=O) groups excluding carboxylic acids is 2. The van der Waals surface area contributed by atoms with Gasteiger partial charge in [0.2, 0.25) is 11.0 Å². The van der Waals surface area contributed by atoms with Gasteiger partial charge in [-0.2, -0.15) is 5.26 Å². The molecule has 0 fully saturated rings. The quantitative estimate of drug-likeness (QED) is 0.283. The number of nitrogens with two attached hydrogens (primary N) is 1. The lowest BCUT2D eigenvalue weighted by atomic mass is 9.68. The maximum Gasteiger partial charge on any atom is 0.234 e. The summed E-state index contributed by atoms with van der Waals surface area (Å²) in [6, 6.07) is 15.5. The van der Waals surface area contributed by atoms with Crippen molar-refractivity contribution in [3.05, 3.63) is 81.8 Å². The first-order valence-electron chi connectivity index (χ1n) is 14.0. The van der Waals surface area contributed by atoms with Gasteiger partial charge in [-0.3, -0.25) is 14.5 Å². The molecule has 0 saturated carbocycles. The molecular formula is C32H34N6O3S2. The van der Waals surface area contributed by atoms with Gasteiger partial charge in [-0.1, -0.05) is 55.1 Å². The Morgan fingerprint density at radius 3 is 2.60 bits per heavy atom. The van der Waals surface area contributed by atoms with Crippen LogP contribution in [0.2, 0.25) is 0 Å². The van der Waals surface area contributed by atoms with E-state index in [1.165, 1.54) is 23.1 Å². The van der Waals surface area contributed by atoms with Crippen LogP contribution in [-0.4, -0.2) is 34.2 Å². The minimum Gasteiger partial charge on any atom is -0.494 e. The second kappa shape index (κ2) is 12.2. The van der Waals surface area contributed by atoms with E-state index in [0.29, 0.717) is 40.2 Å². The van der Waals surface area contributed by atoms with E-state index in [1.807, 2.05) is 77.1 Å². The molecule has 1 unspecified atom stereocenters. The van der Waals surface area contributed by atoms with Gasteiger partial charge in [0, 0.05) is 23.4 Å². The molecule has 1 atom stereocenters. The van der Waals surface area contributed by atoms with Crippen molar-refractivity contribution in [1.82, 2.24) is 10.2 Å². The molecule has 0 saturated heterocycles. The van der Waals surface area contributed by atoms with E-state index in [1.54, 1.807) is 4.90 Å². The standard InChI is InChI=1S/C32H34N6O3S2/c1-6-41-22-11-8-20(9-12-22)27-23(16-33)29(34)38(24-14-32(4,5)15-25(39)28(24)27)30-36-37-31(43-30)42-17-26(40)35-21-10-7-18(2)19(3)13-21/h7-13,27H,6,14-15,17,34H2,1-5H3,(H,35,40). The second-order valence-electron chi connectivity index (χ2n) is 11.5. The van der Waals surface area contributed by atoms with Gasteiger partial charge in [0.05, 0.1) is 29.9 Å². The largest absolute Gasteiger partial charge is 0.494 e. The topological polar surface area (TPSA) is 134 Å². The van der Waals surface area contributed by atoms with E-state index in [-0.39, 0.29) is 34.3 Å². The van der Waals surface area contributed by atoms with Crippen LogP contribution in [0.25, 0.3) is 0 Å². The molecule has 3 aromatic rings. The molecule has 3 N–H and O–H groups in total. The van der Waals surface area contributed by atoms with Gasteiger partial charge in [-0.25, -0.2) is 0 Å². The lowest BCUT2D eigenvalue weighted by molar-refractivity contribution is -0.118. The van der Waals surface area contributed by atoms with Crippen LogP contribution in [0, 0.1) is 30.6 Å². The molecule has 1 amide bonds. The number of hydrogen-bond acceptors (Lipinski definition) is 10. The SMILES string of the molecule is CCOc1ccc(C2C(C#N)=C(N)N(c3nnc(SCC(=O)Nc4ccc(C)c(C)c4)s3)C3=C2C(=O)CC(C)(C)C3)cc1. The third-order valence-electron chi connectivity index (χ3n) is 7.61. The Hall–Kier alpha value is -4.14. The summed E-state index contributed by atoms with van der Waals surface area (Å²) in [5, 5.41) is 22.4. The number of ether oxygens (including phenoxy) is 1. The lowest BCUT2D eigenvalue weighted by Crippen LogP contribution is -2.42. The number of Topliss-reactive ketones (excluding diaryl/α,β-unsaturated/α-hetero) is 1. The lowest BCUT2D eigenvalue weighted by Gasteiger charge is -2.42. The zero-order chi connectivity index (χ0) is 30.9. The summed E-state index contributed by atoms with van der Waals surface area (Å²) in [5.41, 5.74) is 11.8. The third kappa shape index (κ3) is 6.31. The van der Waals surface area contributed by atoms with Crippen molar-refractivity contribution in [2.45, 2.75) is 57.7 Å².